The highest BCUT2D eigenvalue weighted by Crippen LogP contribution is 2.36. The number of benzene rings is 1. The van der Waals surface area contributed by atoms with E-state index in [-0.39, 0.29) is 17.9 Å². The molecule has 2 fully saturated rings. The van der Waals surface area contributed by atoms with Crippen molar-refractivity contribution in [2.45, 2.75) is 37.9 Å². The molecular weight excluding hydrogens is 228 g/mol. The van der Waals surface area contributed by atoms with E-state index in [1.807, 2.05) is 30.3 Å². The van der Waals surface area contributed by atoms with Crippen molar-refractivity contribution in [3.05, 3.63) is 35.9 Å². The van der Waals surface area contributed by atoms with E-state index in [0.717, 1.165) is 18.4 Å². The van der Waals surface area contributed by atoms with E-state index in [9.17, 15) is 9.59 Å². The molecule has 4 heteroatoms. The summed E-state index contributed by atoms with van der Waals surface area (Å²) in [7, 11) is 0. The Kier molecular flexibility index (Phi) is 2.58. The normalized spacial score (nSPS) is 28.2. The second kappa shape index (κ2) is 4.12. The van der Waals surface area contributed by atoms with Crippen molar-refractivity contribution in [1.82, 2.24) is 10.2 Å². The number of rotatable bonds is 2. The summed E-state index contributed by atoms with van der Waals surface area (Å²) in [5.41, 5.74) is 0.891. The van der Waals surface area contributed by atoms with E-state index in [4.69, 9.17) is 0 Å². The van der Waals surface area contributed by atoms with Crippen LogP contribution in [-0.4, -0.2) is 28.8 Å². The number of hydrogen-bond acceptors (Lipinski definition) is 2. The SMILES string of the molecule is CC1NC(=O)C(c2ccccc2)N(C2CC2)C1=O. The zero-order chi connectivity index (χ0) is 12.7. The number of hydrogen-bond donors (Lipinski definition) is 1. The largest absolute Gasteiger partial charge is 0.342 e. The monoisotopic (exact) mass is 244 g/mol. The van der Waals surface area contributed by atoms with Gasteiger partial charge in [0.1, 0.15) is 12.1 Å². The molecule has 0 bridgehead atoms. The summed E-state index contributed by atoms with van der Waals surface area (Å²) in [6.07, 6.45) is 2.02. The second-order valence-electron chi connectivity index (χ2n) is 5.02. The van der Waals surface area contributed by atoms with Crippen LogP contribution in [0.1, 0.15) is 31.4 Å². The van der Waals surface area contributed by atoms with Crippen molar-refractivity contribution in [2.75, 3.05) is 0 Å². The molecule has 1 aromatic rings. The molecule has 18 heavy (non-hydrogen) atoms. The van der Waals surface area contributed by atoms with Gasteiger partial charge >= 0.3 is 0 Å². The predicted octanol–water partition coefficient (Wildman–Crippen LogP) is 1.24. The number of carbonyl (C=O) groups is 2. The van der Waals surface area contributed by atoms with Gasteiger partial charge < -0.3 is 10.2 Å². The quantitative estimate of drug-likeness (QED) is 0.851. The van der Waals surface area contributed by atoms with E-state index in [1.165, 1.54) is 0 Å². The molecule has 94 valence electrons. The number of nitrogens with one attached hydrogen (secondary N) is 1. The fourth-order valence-electron chi connectivity index (χ4n) is 2.52. The van der Waals surface area contributed by atoms with Crippen LogP contribution in [0.3, 0.4) is 0 Å². The third kappa shape index (κ3) is 1.78. The number of piperazine rings is 1. The fraction of sp³-hybridized carbons (Fsp3) is 0.429. The van der Waals surface area contributed by atoms with Gasteiger partial charge in [-0.15, -0.1) is 0 Å². The maximum Gasteiger partial charge on any atom is 0.248 e. The molecule has 1 aromatic carbocycles. The summed E-state index contributed by atoms with van der Waals surface area (Å²) < 4.78 is 0. The Morgan fingerprint density at radius 3 is 2.44 bits per heavy atom. The third-order valence-corrected chi connectivity index (χ3v) is 3.57. The molecule has 1 heterocycles. The first-order chi connectivity index (χ1) is 8.68. The summed E-state index contributed by atoms with van der Waals surface area (Å²) in [4.78, 5) is 26.2. The highest BCUT2D eigenvalue weighted by molar-refractivity contribution is 5.97. The molecule has 0 spiro atoms. The van der Waals surface area contributed by atoms with Crippen molar-refractivity contribution in [1.29, 1.82) is 0 Å². The Hall–Kier alpha value is -1.84. The molecule has 4 nitrogen and oxygen atoms in total. The highest BCUT2D eigenvalue weighted by Gasteiger charge is 2.46. The molecule has 0 radical (unpaired) electrons. The summed E-state index contributed by atoms with van der Waals surface area (Å²) in [6, 6.07) is 8.91. The summed E-state index contributed by atoms with van der Waals surface area (Å²) in [6.45, 7) is 1.75. The third-order valence-electron chi connectivity index (χ3n) is 3.57. The predicted molar refractivity (Wildman–Crippen MR) is 66.7 cm³/mol. The maximum absolute atomic E-state index is 12.2. The van der Waals surface area contributed by atoms with E-state index in [0.29, 0.717) is 0 Å². The number of amides is 2. The van der Waals surface area contributed by atoms with Gasteiger partial charge in [0.05, 0.1) is 0 Å². The number of nitrogens with zero attached hydrogens (tertiary/aromatic N) is 1. The van der Waals surface area contributed by atoms with Gasteiger partial charge in [0.15, 0.2) is 0 Å². The zero-order valence-corrected chi connectivity index (χ0v) is 10.3. The lowest BCUT2D eigenvalue weighted by Crippen LogP contribution is -2.58. The molecule has 2 amide bonds. The van der Waals surface area contributed by atoms with E-state index >= 15 is 0 Å². The lowest BCUT2D eigenvalue weighted by atomic mass is 10.00. The van der Waals surface area contributed by atoms with Crippen LogP contribution in [0.15, 0.2) is 30.3 Å². The standard InChI is InChI=1S/C14H16N2O2/c1-9-14(18)16(11-7-8-11)12(13(17)15-9)10-5-3-2-4-6-10/h2-6,9,11-12H,7-8H2,1H3,(H,15,17). The van der Waals surface area contributed by atoms with Crippen molar-refractivity contribution >= 4 is 11.8 Å². The van der Waals surface area contributed by atoms with Crippen molar-refractivity contribution in [2.24, 2.45) is 0 Å². The lowest BCUT2D eigenvalue weighted by molar-refractivity contribution is -0.149. The molecule has 3 rings (SSSR count). The maximum atomic E-state index is 12.2. The first kappa shape index (κ1) is 11.3. The fourth-order valence-corrected chi connectivity index (χ4v) is 2.52. The summed E-state index contributed by atoms with van der Waals surface area (Å²) in [5.74, 6) is -0.0360. The molecule has 1 saturated carbocycles. The van der Waals surface area contributed by atoms with Crippen LogP contribution in [0, 0.1) is 0 Å². The van der Waals surface area contributed by atoms with Gasteiger partial charge in [0, 0.05) is 6.04 Å². The van der Waals surface area contributed by atoms with Crippen LogP contribution in [0.2, 0.25) is 0 Å². The first-order valence-electron chi connectivity index (χ1n) is 6.36. The minimum absolute atomic E-state index is 0.0333. The lowest BCUT2D eigenvalue weighted by Gasteiger charge is -2.38. The Morgan fingerprint density at radius 1 is 1.17 bits per heavy atom. The zero-order valence-electron chi connectivity index (χ0n) is 10.3. The molecule has 2 atom stereocenters. The Labute approximate surface area is 106 Å². The van der Waals surface area contributed by atoms with Gasteiger partial charge in [0.2, 0.25) is 11.8 Å². The van der Waals surface area contributed by atoms with Crippen LogP contribution in [0.4, 0.5) is 0 Å². The summed E-state index contributed by atoms with van der Waals surface area (Å²) >= 11 is 0. The van der Waals surface area contributed by atoms with Crippen molar-refractivity contribution in [3.8, 4) is 0 Å². The van der Waals surface area contributed by atoms with Crippen molar-refractivity contribution in [3.63, 3.8) is 0 Å². The topological polar surface area (TPSA) is 49.4 Å². The molecule has 2 unspecified atom stereocenters. The van der Waals surface area contributed by atoms with Crippen LogP contribution in [-0.2, 0) is 9.59 Å². The molecule has 0 aromatic heterocycles. The first-order valence-corrected chi connectivity index (χ1v) is 6.36. The smallest absolute Gasteiger partial charge is 0.248 e. The van der Waals surface area contributed by atoms with Crippen LogP contribution < -0.4 is 5.32 Å². The molecule has 2 aliphatic rings. The Bertz CT molecular complexity index is 482. The van der Waals surface area contributed by atoms with E-state index in [1.54, 1.807) is 11.8 Å². The molecule has 1 saturated heterocycles. The van der Waals surface area contributed by atoms with E-state index < -0.39 is 12.1 Å². The second-order valence-corrected chi connectivity index (χ2v) is 5.02. The van der Waals surface area contributed by atoms with Crippen molar-refractivity contribution < 1.29 is 9.59 Å². The van der Waals surface area contributed by atoms with Crippen LogP contribution >= 0.6 is 0 Å². The number of carbonyl (C=O) groups excluding carboxylic acids is 2. The molecule has 1 N–H and O–H groups in total. The average Bonchev–Trinajstić information content (AvgIpc) is 3.18. The van der Waals surface area contributed by atoms with Crippen LogP contribution in [0.25, 0.3) is 0 Å². The minimum atomic E-state index is -0.456. The Balaban J connectivity index is 1.99. The van der Waals surface area contributed by atoms with Crippen LogP contribution in [0.5, 0.6) is 0 Å². The van der Waals surface area contributed by atoms with E-state index in [2.05, 4.69) is 5.32 Å². The van der Waals surface area contributed by atoms with Gasteiger partial charge in [-0.1, -0.05) is 30.3 Å². The minimum Gasteiger partial charge on any atom is -0.342 e. The highest BCUT2D eigenvalue weighted by atomic mass is 16.2. The van der Waals surface area contributed by atoms with Gasteiger partial charge in [-0.2, -0.15) is 0 Å². The molecule has 1 aliphatic heterocycles. The van der Waals surface area contributed by atoms with Gasteiger partial charge in [0.25, 0.3) is 0 Å². The Morgan fingerprint density at radius 2 is 1.83 bits per heavy atom. The van der Waals surface area contributed by atoms with Gasteiger partial charge in [-0.05, 0) is 25.3 Å². The average molecular weight is 244 g/mol. The molecular formula is C14H16N2O2. The van der Waals surface area contributed by atoms with Gasteiger partial charge in [-0.3, -0.25) is 9.59 Å². The summed E-state index contributed by atoms with van der Waals surface area (Å²) in [5, 5.41) is 2.76. The van der Waals surface area contributed by atoms with Gasteiger partial charge in [-0.25, -0.2) is 0 Å². The molecule has 1 aliphatic carbocycles.